The van der Waals surface area contributed by atoms with Gasteiger partial charge in [-0.1, -0.05) is 255 Å². The van der Waals surface area contributed by atoms with Gasteiger partial charge in [-0.2, -0.15) is 0 Å². The molecule has 0 N–H and O–H groups in total. The Morgan fingerprint density at radius 3 is 1.09 bits per heavy atom. The lowest BCUT2D eigenvalue weighted by molar-refractivity contribution is 1.28. The number of hydrogen-bond acceptors (Lipinski definition) is 1. The van der Waals surface area contributed by atoms with Gasteiger partial charge in [-0.15, -0.1) is 0 Å². The first-order valence-corrected chi connectivity index (χ1v) is 23.8. The SMILES string of the molecule is c1ccc(-c2ccc(N(c3ccc(-c4ccc5c(-c6ccccc6)c(-c6ccccc6)c6ccccc6c5c4)cc3)c3c(-c4ccccc4)cccc3-c3ccccc3)cc2-c2ccccc2)cc1. The molecule has 12 rings (SSSR count). The largest absolute Gasteiger partial charge is 0.309 e. The minimum atomic E-state index is 1.07. The van der Waals surface area contributed by atoms with E-state index in [0.29, 0.717) is 0 Å². The Hall–Kier alpha value is -9.04. The standard InChI is InChI=1S/C68H47N/c1-7-22-49(23-8-1)58-45-43-57(47-64(58)52-28-13-4-14-29-52)69(68-59(50-24-9-2-10-25-50)36-21-37-60(68)51-26-11-3-12-27-51)56-41-38-48(39-42-56)55-40-44-63-65(46-55)61-34-19-20-35-62(61)66(53-30-15-5-16-31-53)67(63)54-32-17-6-18-33-54/h1-47H. The summed E-state index contributed by atoms with van der Waals surface area (Å²) in [5, 5.41) is 4.97. The van der Waals surface area contributed by atoms with Crippen molar-refractivity contribution in [2.45, 2.75) is 0 Å². The van der Waals surface area contributed by atoms with Gasteiger partial charge < -0.3 is 4.90 Å². The second kappa shape index (κ2) is 18.3. The van der Waals surface area contributed by atoms with Crippen molar-refractivity contribution < 1.29 is 0 Å². The summed E-state index contributed by atoms with van der Waals surface area (Å²) in [5.41, 5.74) is 19.9. The molecule has 0 aliphatic rings. The molecule has 0 atom stereocenters. The molecule has 0 amide bonds. The van der Waals surface area contributed by atoms with E-state index >= 15 is 0 Å². The smallest absolute Gasteiger partial charge is 0.0618 e. The van der Waals surface area contributed by atoms with Crippen LogP contribution in [-0.2, 0) is 0 Å². The molecule has 0 aliphatic heterocycles. The maximum Gasteiger partial charge on any atom is 0.0618 e. The third-order valence-electron chi connectivity index (χ3n) is 13.5. The van der Waals surface area contributed by atoms with Crippen molar-refractivity contribution in [3.63, 3.8) is 0 Å². The summed E-state index contributed by atoms with van der Waals surface area (Å²) in [5.74, 6) is 0. The van der Waals surface area contributed by atoms with Crippen LogP contribution in [0.3, 0.4) is 0 Å². The van der Waals surface area contributed by atoms with Gasteiger partial charge >= 0.3 is 0 Å². The number of rotatable bonds is 10. The number of nitrogens with zero attached hydrogens (tertiary/aromatic N) is 1. The second-order valence-electron chi connectivity index (χ2n) is 17.6. The Labute approximate surface area is 404 Å². The molecule has 12 aromatic rings. The normalized spacial score (nSPS) is 11.2. The summed E-state index contributed by atoms with van der Waals surface area (Å²) in [4.78, 5) is 2.47. The van der Waals surface area contributed by atoms with E-state index in [9.17, 15) is 0 Å². The van der Waals surface area contributed by atoms with Crippen LogP contribution >= 0.6 is 0 Å². The van der Waals surface area contributed by atoms with E-state index in [2.05, 4.69) is 290 Å². The average Bonchev–Trinajstić information content (AvgIpc) is 3.44. The summed E-state index contributed by atoms with van der Waals surface area (Å²) in [6.45, 7) is 0. The van der Waals surface area contributed by atoms with Crippen LogP contribution in [0, 0.1) is 0 Å². The van der Waals surface area contributed by atoms with Crippen molar-refractivity contribution in [1.82, 2.24) is 0 Å². The molecule has 0 saturated heterocycles. The highest BCUT2D eigenvalue weighted by Gasteiger charge is 2.24. The second-order valence-corrected chi connectivity index (χ2v) is 17.6. The summed E-state index contributed by atoms with van der Waals surface area (Å²) < 4.78 is 0. The fourth-order valence-electron chi connectivity index (χ4n) is 10.3. The third-order valence-corrected chi connectivity index (χ3v) is 13.5. The van der Waals surface area contributed by atoms with Crippen LogP contribution in [0.25, 0.3) is 99.4 Å². The van der Waals surface area contributed by atoms with Crippen LogP contribution in [0.2, 0.25) is 0 Å². The molecule has 0 fully saturated rings. The molecule has 1 nitrogen and oxygen atoms in total. The molecule has 0 saturated carbocycles. The van der Waals surface area contributed by atoms with Gasteiger partial charge in [0.05, 0.1) is 5.69 Å². The summed E-state index contributed by atoms with van der Waals surface area (Å²) in [6, 6.07) is 104. The fraction of sp³-hybridized carbons (Fsp3) is 0. The molecule has 0 aliphatic carbocycles. The average molecular weight is 878 g/mol. The number of benzene rings is 12. The highest BCUT2D eigenvalue weighted by molar-refractivity contribution is 6.22. The van der Waals surface area contributed by atoms with Gasteiger partial charge in [-0.05, 0) is 119 Å². The molecular weight excluding hydrogens is 831 g/mol. The minimum Gasteiger partial charge on any atom is -0.309 e. The van der Waals surface area contributed by atoms with Gasteiger partial charge in [0.15, 0.2) is 0 Å². The van der Waals surface area contributed by atoms with Crippen LogP contribution < -0.4 is 4.90 Å². The van der Waals surface area contributed by atoms with Gasteiger partial charge in [0.25, 0.3) is 0 Å². The van der Waals surface area contributed by atoms with Crippen molar-refractivity contribution >= 4 is 38.6 Å². The van der Waals surface area contributed by atoms with Crippen molar-refractivity contribution in [3.8, 4) is 77.9 Å². The predicted octanol–water partition coefficient (Wildman–Crippen LogP) is 19.1. The number of anilines is 3. The van der Waals surface area contributed by atoms with Crippen molar-refractivity contribution in [2.75, 3.05) is 4.90 Å². The van der Waals surface area contributed by atoms with E-state index < -0.39 is 0 Å². The highest BCUT2D eigenvalue weighted by atomic mass is 15.1. The first kappa shape index (κ1) is 41.4. The summed E-state index contributed by atoms with van der Waals surface area (Å²) in [7, 11) is 0. The molecular formula is C68H47N. The Bertz CT molecular complexity index is 3660. The van der Waals surface area contributed by atoms with Crippen molar-refractivity contribution in [2.24, 2.45) is 0 Å². The zero-order valence-electron chi connectivity index (χ0n) is 38.1. The first-order valence-electron chi connectivity index (χ1n) is 23.8. The zero-order chi connectivity index (χ0) is 45.9. The van der Waals surface area contributed by atoms with Gasteiger partial charge in [0.1, 0.15) is 0 Å². The van der Waals surface area contributed by atoms with Gasteiger partial charge in [0.2, 0.25) is 0 Å². The van der Waals surface area contributed by atoms with Crippen LogP contribution in [0.1, 0.15) is 0 Å². The Morgan fingerprint density at radius 2 is 0.580 bits per heavy atom. The monoisotopic (exact) mass is 877 g/mol. The predicted molar refractivity (Wildman–Crippen MR) is 294 cm³/mol. The van der Waals surface area contributed by atoms with Crippen molar-refractivity contribution in [1.29, 1.82) is 0 Å². The quantitative estimate of drug-likeness (QED) is 0.124. The molecule has 0 bridgehead atoms. The third kappa shape index (κ3) is 7.86. The van der Waals surface area contributed by atoms with Gasteiger partial charge in [-0.3, -0.25) is 0 Å². The van der Waals surface area contributed by atoms with Crippen molar-refractivity contribution in [3.05, 3.63) is 285 Å². The molecule has 12 aromatic carbocycles. The van der Waals surface area contributed by atoms with Gasteiger partial charge in [0, 0.05) is 22.5 Å². The lowest BCUT2D eigenvalue weighted by Gasteiger charge is -2.31. The van der Waals surface area contributed by atoms with E-state index in [1.54, 1.807) is 0 Å². The Kier molecular flexibility index (Phi) is 11.0. The van der Waals surface area contributed by atoms with E-state index in [-0.39, 0.29) is 0 Å². The summed E-state index contributed by atoms with van der Waals surface area (Å²) >= 11 is 0. The molecule has 1 heteroatoms. The molecule has 0 unspecified atom stereocenters. The van der Waals surface area contributed by atoms with Gasteiger partial charge in [-0.25, -0.2) is 0 Å². The van der Waals surface area contributed by atoms with E-state index in [1.807, 2.05) is 0 Å². The maximum absolute atomic E-state index is 2.47. The number of hydrogen-bond donors (Lipinski definition) is 0. The van der Waals surface area contributed by atoms with Crippen LogP contribution in [0.15, 0.2) is 285 Å². The molecule has 0 radical (unpaired) electrons. The van der Waals surface area contributed by atoms with Crippen LogP contribution in [-0.4, -0.2) is 0 Å². The van der Waals surface area contributed by atoms with E-state index in [1.165, 1.54) is 71.6 Å². The summed E-state index contributed by atoms with van der Waals surface area (Å²) in [6.07, 6.45) is 0. The van der Waals surface area contributed by atoms with Crippen LogP contribution in [0.5, 0.6) is 0 Å². The topological polar surface area (TPSA) is 3.24 Å². The Balaban J connectivity index is 1.07. The molecule has 0 spiro atoms. The lowest BCUT2D eigenvalue weighted by Crippen LogP contribution is -2.13. The maximum atomic E-state index is 2.47. The Morgan fingerprint density at radius 1 is 0.188 bits per heavy atom. The zero-order valence-corrected chi connectivity index (χ0v) is 38.1. The molecule has 69 heavy (non-hydrogen) atoms. The van der Waals surface area contributed by atoms with E-state index in [0.717, 1.165) is 44.9 Å². The van der Waals surface area contributed by atoms with Crippen LogP contribution in [0.4, 0.5) is 17.1 Å². The molecule has 0 aromatic heterocycles. The highest BCUT2D eigenvalue weighted by Crippen LogP contribution is 2.49. The molecule has 0 heterocycles. The lowest BCUT2D eigenvalue weighted by atomic mass is 9.84. The van der Waals surface area contributed by atoms with E-state index in [4.69, 9.17) is 0 Å². The first-order chi connectivity index (χ1) is 34.3. The fourth-order valence-corrected chi connectivity index (χ4v) is 10.3. The number of para-hydroxylation sites is 1. The minimum absolute atomic E-state index is 1.07. The number of fused-ring (bicyclic) bond motifs is 3. The molecule has 324 valence electrons.